The minimum absolute atomic E-state index is 0.158. The summed E-state index contributed by atoms with van der Waals surface area (Å²) in [4.78, 5) is 2.42. The second-order valence-electron chi connectivity index (χ2n) is 6.81. The van der Waals surface area contributed by atoms with E-state index in [4.69, 9.17) is 4.74 Å². The summed E-state index contributed by atoms with van der Waals surface area (Å²) < 4.78 is 5.44. The summed E-state index contributed by atoms with van der Waals surface area (Å²) in [6.45, 7) is 11.8. The van der Waals surface area contributed by atoms with Gasteiger partial charge in [0.15, 0.2) is 0 Å². The Labute approximate surface area is 123 Å². The van der Waals surface area contributed by atoms with E-state index >= 15 is 0 Å². The highest BCUT2D eigenvalue weighted by Gasteiger charge is 2.22. The van der Waals surface area contributed by atoms with Gasteiger partial charge in [0, 0.05) is 38.0 Å². The Kier molecular flexibility index (Phi) is 4.71. The number of nitrogens with one attached hydrogen (secondary N) is 1. The van der Waals surface area contributed by atoms with Crippen molar-refractivity contribution >= 4 is 5.69 Å². The van der Waals surface area contributed by atoms with Crippen molar-refractivity contribution in [2.75, 3.05) is 25.1 Å². The third-order valence-corrected chi connectivity index (χ3v) is 3.98. The fourth-order valence-corrected chi connectivity index (χ4v) is 2.59. The molecule has 0 aliphatic carbocycles. The normalized spacial score (nSPS) is 19.6. The third kappa shape index (κ3) is 3.97. The number of aryl methyl sites for hydroxylation is 1. The summed E-state index contributed by atoms with van der Waals surface area (Å²) in [5.41, 5.74) is 4.22. The molecule has 0 bridgehead atoms. The molecule has 1 aliphatic heterocycles. The Morgan fingerprint density at radius 3 is 2.65 bits per heavy atom. The molecule has 3 nitrogen and oxygen atoms in total. The van der Waals surface area contributed by atoms with E-state index in [1.54, 1.807) is 7.11 Å². The topological polar surface area (TPSA) is 24.5 Å². The van der Waals surface area contributed by atoms with E-state index in [-0.39, 0.29) is 5.54 Å². The van der Waals surface area contributed by atoms with Crippen molar-refractivity contribution in [2.24, 2.45) is 0 Å². The SMILES string of the molecule is COC1CCN(c2ccc(CNC(C)(C)C)c(C)c2)C1. The zero-order chi connectivity index (χ0) is 14.8. The van der Waals surface area contributed by atoms with Crippen LogP contribution in [0.1, 0.15) is 38.3 Å². The molecule has 3 heteroatoms. The first-order chi connectivity index (χ1) is 9.39. The van der Waals surface area contributed by atoms with Crippen LogP contribution in [-0.2, 0) is 11.3 Å². The summed E-state index contributed by atoms with van der Waals surface area (Å²) in [5.74, 6) is 0. The van der Waals surface area contributed by atoms with Crippen molar-refractivity contribution < 1.29 is 4.74 Å². The van der Waals surface area contributed by atoms with Gasteiger partial charge in [-0.3, -0.25) is 0 Å². The van der Waals surface area contributed by atoms with Gasteiger partial charge >= 0.3 is 0 Å². The van der Waals surface area contributed by atoms with Gasteiger partial charge in [-0.1, -0.05) is 6.07 Å². The molecule has 112 valence electrons. The molecule has 0 spiro atoms. The molecule has 20 heavy (non-hydrogen) atoms. The maximum absolute atomic E-state index is 5.44. The van der Waals surface area contributed by atoms with Crippen LogP contribution < -0.4 is 10.2 Å². The van der Waals surface area contributed by atoms with E-state index in [1.165, 1.54) is 16.8 Å². The molecule has 0 amide bonds. The number of methoxy groups -OCH3 is 1. The van der Waals surface area contributed by atoms with E-state index in [0.29, 0.717) is 6.10 Å². The largest absolute Gasteiger partial charge is 0.380 e. The van der Waals surface area contributed by atoms with Crippen LogP contribution in [0, 0.1) is 6.92 Å². The van der Waals surface area contributed by atoms with Crippen molar-refractivity contribution in [3.05, 3.63) is 29.3 Å². The molecular formula is C17H28N2O. The minimum atomic E-state index is 0.158. The van der Waals surface area contributed by atoms with Crippen LogP contribution in [-0.4, -0.2) is 31.8 Å². The molecule has 0 aromatic heterocycles. The van der Waals surface area contributed by atoms with E-state index in [2.05, 4.69) is 56.1 Å². The van der Waals surface area contributed by atoms with E-state index in [1.807, 2.05) is 0 Å². The quantitative estimate of drug-likeness (QED) is 0.914. The standard InChI is InChI=1S/C17H28N2O/c1-13-10-15(19-9-8-16(12-19)20-5)7-6-14(13)11-18-17(2,3)4/h6-7,10,16,18H,8-9,11-12H2,1-5H3. The molecule has 1 unspecified atom stereocenters. The van der Waals surface area contributed by atoms with Gasteiger partial charge in [0.1, 0.15) is 0 Å². The lowest BCUT2D eigenvalue weighted by Crippen LogP contribution is -2.35. The molecule has 1 aromatic rings. The molecule has 1 aliphatic rings. The fraction of sp³-hybridized carbons (Fsp3) is 0.647. The van der Waals surface area contributed by atoms with E-state index in [0.717, 1.165) is 26.1 Å². The fourth-order valence-electron chi connectivity index (χ4n) is 2.59. The number of anilines is 1. The van der Waals surface area contributed by atoms with Crippen LogP contribution in [0.25, 0.3) is 0 Å². The van der Waals surface area contributed by atoms with Crippen LogP contribution >= 0.6 is 0 Å². The van der Waals surface area contributed by atoms with Crippen LogP contribution in [0.5, 0.6) is 0 Å². The average molecular weight is 276 g/mol. The highest BCUT2D eigenvalue weighted by atomic mass is 16.5. The van der Waals surface area contributed by atoms with Crippen LogP contribution in [0.3, 0.4) is 0 Å². The van der Waals surface area contributed by atoms with Gasteiger partial charge in [0.25, 0.3) is 0 Å². The predicted molar refractivity (Wildman–Crippen MR) is 85.4 cm³/mol. The lowest BCUT2D eigenvalue weighted by Gasteiger charge is -2.23. The zero-order valence-electron chi connectivity index (χ0n) is 13.5. The predicted octanol–water partition coefficient (Wildman–Crippen LogP) is 3.11. The van der Waals surface area contributed by atoms with Crippen molar-refractivity contribution in [3.8, 4) is 0 Å². The maximum atomic E-state index is 5.44. The first kappa shape index (κ1) is 15.3. The van der Waals surface area contributed by atoms with Gasteiger partial charge in [0.05, 0.1) is 6.10 Å². The van der Waals surface area contributed by atoms with Crippen LogP contribution in [0.15, 0.2) is 18.2 Å². The molecule has 1 fully saturated rings. The smallest absolute Gasteiger partial charge is 0.0762 e. The molecule has 1 aromatic carbocycles. The zero-order valence-corrected chi connectivity index (χ0v) is 13.5. The van der Waals surface area contributed by atoms with Crippen molar-refractivity contribution in [2.45, 2.75) is 52.3 Å². The molecule has 1 saturated heterocycles. The third-order valence-electron chi connectivity index (χ3n) is 3.98. The van der Waals surface area contributed by atoms with Crippen LogP contribution in [0.2, 0.25) is 0 Å². The average Bonchev–Trinajstić information content (AvgIpc) is 2.85. The Bertz CT molecular complexity index is 451. The maximum Gasteiger partial charge on any atom is 0.0762 e. The first-order valence-corrected chi connectivity index (χ1v) is 7.51. The van der Waals surface area contributed by atoms with Crippen LogP contribution in [0.4, 0.5) is 5.69 Å². The Morgan fingerprint density at radius 2 is 2.10 bits per heavy atom. The summed E-state index contributed by atoms with van der Waals surface area (Å²) in [6, 6.07) is 6.80. The Balaban J connectivity index is 2.02. The summed E-state index contributed by atoms with van der Waals surface area (Å²) in [5, 5.41) is 3.55. The minimum Gasteiger partial charge on any atom is -0.380 e. The summed E-state index contributed by atoms with van der Waals surface area (Å²) >= 11 is 0. The lowest BCUT2D eigenvalue weighted by molar-refractivity contribution is 0.121. The monoisotopic (exact) mass is 276 g/mol. The number of ether oxygens (including phenoxy) is 1. The van der Waals surface area contributed by atoms with Gasteiger partial charge in [-0.25, -0.2) is 0 Å². The molecule has 0 radical (unpaired) electrons. The molecule has 2 rings (SSSR count). The first-order valence-electron chi connectivity index (χ1n) is 7.51. The number of rotatable bonds is 4. The second kappa shape index (κ2) is 6.15. The van der Waals surface area contributed by atoms with Gasteiger partial charge in [-0.05, 0) is 57.4 Å². The lowest BCUT2D eigenvalue weighted by atomic mass is 10.0. The van der Waals surface area contributed by atoms with Gasteiger partial charge in [-0.2, -0.15) is 0 Å². The Morgan fingerprint density at radius 1 is 1.35 bits per heavy atom. The molecule has 1 heterocycles. The van der Waals surface area contributed by atoms with Crippen molar-refractivity contribution in [1.29, 1.82) is 0 Å². The van der Waals surface area contributed by atoms with Gasteiger partial charge < -0.3 is 15.0 Å². The molecule has 1 atom stereocenters. The number of benzene rings is 1. The highest BCUT2D eigenvalue weighted by Crippen LogP contribution is 2.24. The molecular weight excluding hydrogens is 248 g/mol. The number of hydrogen-bond donors (Lipinski definition) is 1. The number of hydrogen-bond acceptors (Lipinski definition) is 3. The Hall–Kier alpha value is -1.06. The highest BCUT2D eigenvalue weighted by molar-refractivity contribution is 5.51. The summed E-state index contributed by atoms with van der Waals surface area (Å²) in [6.07, 6.45) is 1.51. The summed E-state index contributed by atoms with van der Waals surface area (Å²) in [7, 11) is 1.81. The van der Waals surface area contributed by atoms with E-state index < -0.39 is 0 Å². The molecule has 0 saturated carbocycles. The van der Waals surface area contributed by atoms with E-state index in [9.17, 15) is 0 Å². The van der Waals surface area contributed by atoms with Crippen molar-refractivity contribution in [3.63, 3.8) is 0 Å². The number of nitrogens with zero attached hydrogens (tertiary/aromatic N) is 1. The van der Waals surface area contributed by atoms with Gasteiger partial charge in [-0.15, -0.1) is 0 Å². The van der Waals surface area contributed by atoms with Gasteiger partial charge in [0.2, 0.25) is 0 Å². The second-order valence-corrected chi connectivity index (χ2v) is 6.81. The van der Waals surface area contributed by atoms with Crippen molar-refractivity contribution in [1.82, 2.24) is 5.32 Å². The molecule has 1 N–H and O–H groups in total.